The normalized spacial score (nSPS) is 10.4. The predicted molar refractivity (Wildman–Crippen MR) is 103 cm³/mol. The van der Waals surface area contributed by atoms with Crippen LogP contribution in [0.5, 0.6) is 0 Å². The first-order valence-electron chi connectivity index (χ1n) is 8.40. The average Bonchev–Trinajstić information content (AvgIpc) is 3.36. The Morgan fingerprint density at radius 1 is 1.21 bits per heavy atom. The van der Waals surface area contributed by atoms with Gasteiger partial charge in [-0.25, -0.2) is 4.79 Å². The van der Waals surface area contributed by atoms with Gasteiger partial charge < -0.3 is 15.1 Å². The maximum absolute atomic E-state index is 12.0. The van der Waals surface area contributed by atoms with E-state index in [4.69, 9.17) is 4.42 Å². The van der Waals surface area contributed by atoms with E-state index in [9.17, 15) is 14.4 Å². The molecule has 2 aromatic heterocycles. The van der Waals surface area contributed by atoms with Gasteiger partial charge in [-0.2, -0.15) is 4.68 Å². The van der Waals surface area contributed by atoms with E-state index < -0.39 is 11.9 Å². The molecular formula is C17H17N7O4S. The number of carbonyl (C=O) groups is 3. The van der Waals surface area contributed by atoms with Crippen molar-refractivity contribution in [3.8, 4) is 5.69 Å². The van der Waals surface area contributed by atoms with Gasteiger partial charge in [-0.15, -0.1) is 5.10 Å². The summed E-state index contributed by atoms with van der Waals surface area (Å²) in [5.41, 5.74) is 1.20. The average molecular weight is 415 g/mol. The first-order valence-corrected chi connectivity index (χ1v) is 9.39. The van der Waals surface area contributed by atoms with Gasteiger partial charge in [0.1, 0.15) is 5.76 Å². The molecule has 3 aromatic rings. The Kier molecular flexibility index (Phi) is 6.58. The van der Waals surface area contributed by atoms with Crippen LogP contribution in [0.2, 0.25) is 0 Å². The molecule has 0 saturated carbocycles. The Bertz CT molecular complexity index is 1000. The Morgan fingerprint density at radius 2 is 2.07 bits per heavy atom. The molecule has 150 valence electrons. The van der Waals surface area contributed by atoms with Crippen molar-refractivity contribution < 1.29 is 18.8 Å². The Hall–Kier alpha value is -3.67. The third kappa shape index (κ3) is 5.90. The topological polar surface area (TPSA) is 144 Å². The molecule has 0 atom stereocenters. The predicted octanol–water partition coefficient (Wildman–Crippen LogP) is 1.33. The molecule has 12 heteroatoms. The molecular weight excluding hydrogens is 398 g/mol. The summed E-state index contributed by atoms with van der Waals surface area (Å²) in [6.07, 6.45) is 1.49. The summed E-state index contributed by atoms with van der Waals surface area (Å²) in [4.78, 5) is 35.0. The monoisotopic (exact) mass is 415 g/mol. The van der Waals surface area contributed by atoms with Crippen molar-refractivity contribution in [1.29, 1.82) is 0 Å². The molecule has 0 radical (unpaired) electrons. The second kappa shape index (κ2) is 9.50. The summed E-state index contributed by atoms with van der Waals surface area (Å²) in [5, 5.41) is 19.2. The number of amides is 4. The van der Waals surface area contributed by atoms with Crippen molar-refractivity contribution in [3.63, 3.8) is 0 Å². The fraction of sp³-hybridized carbons (Fsp3) is 0.176. The van der Waals surface area contributed by atoms with Crippen LogP contribution in [-0.4, -0.2) is 43.8 Å². The van der Waals surface area contributed by atoms with Crippen LogP contribution in [0.4, 0.5) is 10.5 Å². The molecule has 0 spiro atoms. The smallest absolute Gasteiger partial charge is 0.321 e. The number of nitrogens with zero attached hydrogens (tertiary/aromatic N) is 4. The maximum Gasteiger partial charge on any atom is 0.321 e. The number of carbonyl (C=O) groups excluding carboxylic acids is 3. The number of benzene rings is 1. The zero-order valence-electron chi connectivity index (χ0n) is 15.3. The van der Waals surface area contributed by atoms with Crippen molar-refractivity contribution in [1.82, 2.24) is 30.8 Å². The van der Waals surface area contributed by atoms with Crippen LogP contribution in [0.1, 0.15) is 12.7 Å². The SMILES string of the molecule is CC(=O)Nc1cccc(-n2nnnc2SCC(=O)NC(=O)NCc2ccco2)c1. The molecule has 3 N–H and O–H groups in total. The quantitative estimate of drug-likeness (QED) is 0.490. The number of anilines is 1. The van der Waals surface area contributed by atoms with Crippen LogP contribution in [0.25, 0.3) is 5.69 Å². The molecule has 0 bridgehead atoms. The molecule has 0 saturated heterocycles. The van der Waals surface area contributed by atoms with Crippen LogP contribution < -0.4 is 16.0 Å². The molecule has 4 amide bonds. The molecule has 0 fully saturated rings. The van der Waals surface area contributed by atoms with E-state index in [2.05, 4.69) is 31.5 Å². The molecule has 0 aliphatic heterocycles. The number of nitrogens with one attached hydrogen (secondary N) is 3. The van der Waals surface area contributed by atoms with E-state index in [-0.39, 0.29) is 18.2 Å². The minimum absolute atomic E-state index is 0.0695. The second-order valence-corrected chi connectivity index (χ2v) is 6.65. The van der Waals surface area contributed by atoms with Crippen molar-refractivity contribution in [2.75, 3.05) is 11.1 Å². The number of hydrogen-bond acceptors (Lipinski definition) is 8. The van der Waals surface area contributed by atoms with Gasteiger partial charge in [0, 0.05) is 12.6 Å². The van der Waals surface area contributed by atoms with Crippen LogP contribution in [0, 0.1) is 0 Å². The third-order valence-corrected chi connectivity index (χ3v) is 4.36. The van der Waals surface area contributed by atoms with E-state index in [1.165, 1.54) is 17.9 Å². The zero-order valence-corrected chi connectivity index (χ0v) is 16.1. The molecule has 11 nitrogen and oxygen atoms in total. The zero-order chi connectivity index (χ0) is 20.6. The van der Waals surface area contributed by atoms with E-state index in [0.29, 0.717) is 22.3 Å². The maximum atomic E-state index is 12.0. The molecule has 0 unspecified atom stereocenters. The molecule has 0 aliphatic rings. The Labute approximate surface area is 169 Å². The molecule has 29 heavy (non-hydrogen) atoms. The summed E-state index contributed by atoms with van der Waals surface area (Å²) in [5.74, 6) is -0.202. The first-order chi connectivity index (χ1) is 14.0. The summed E-state index contributed by atoms with van der Waals surface area (Å²) in [6.45, 7) is 1.58. The number of tetrazole rings is 1. The van der Waals surface area contributed by atoms with E-state index >= 15 is 0 Å². The van der Waals surface area contributed by atoms with Crippen molar-refractivity contribution in [2.45, 2.75) is 18.6 Å². The first kappa shape index (κ1) is 20.1. The number of rotatable bonds is 7. The number of hydrogen-bond donors (Lipinski definition) is 3. The summed E-state index contributed by atoms with van der Waals surface area (Å²) >= 11 is 1.06. The standard InChI is InChI=1S/C17H17N7O4S/c1-11(25)19-12-4-2-5-13(8-12)24-17(21-22-23-24)29-10-15(26)20-16(27)18-9-14-6-3-7-28-14/h2-8H,9-10H2,1H3,(H,19,25)(H2,18,20,26,27). The highest BCUT2D eigenvalue weighted by molar-refractivity contribution is 7.99. The number of imide groups is 1. The number of furan rings is 1. The van der Waals surface area contributed by atoms with Crippen LogP contribution in [0.3, 0.4) is 0 Å². The highest BCUT2D eigenvalue weighted by atomic mass is 32.2. The lowest BCUT2D eigenvalue weighted by molar-refractivity contribution is -0.117. The summed E-state index contributed by atoms with van der Waals surface area (Å²) in [6, 6.07) is 9.71. The van der Waals surface area contributed by atoms with Gasteiger partial charge in [-0.3, -0.25) is 14.9 Å². The fourth-order valence-electron chi connectivity index (χ4n) is 2.27. The number of aromatic nitrogens is 4. The summed E-state index contributed by atoms with van der Waals surface area (Å²) in [7, 11) is 0. The van der Waals surface area contributed by atoms with E-state index in [1.807, 2.05) is 0 Å². The van der Waals surface area contributed by atoms with Gasteiger partial charge in [0.25, 0.3) is 0 Å². The number of urea groups is 1. The van der Waals surface area contributed by atoms with Gasteiger partial charge in [-0.1, -0.05) is 17.8 Å². The molecule has 0 aliphatic carbocycles. The third-order valence-electron chi connectivity index (χ3n) is 3.44. The van der Waals surface area contributed by atoms with Crippen LogP contribution >= 0.6 is 11.8 Å². The Balaban J connectivity index is 1.54. The number of thioether (sulfide) groups is 1. The van der Waals surface area contributed by atoms with Gasteiger partial charge in [0.05, 0.1) is 24.2 Å². The highest BCUT2D eigenvalue weighted by Crippen LogP contribution is 2.20. The van der Waals surface area contributed by atoms with Crippen molar-refractivity contribution in [3.05, 3.63) is 48.4 Å². The molecule has 2 heterocycles. The van der Waals surface area contributed by atoms with E-state index in [0.717, 1.165) is 11.8 Å². The van der Waals surface area contributed by atoms with Gasteiger partial charge in [0.2, 0.25) is 17.0 Å². The minimum atomic E-state index is -0.630. The highest BCUT2D eigenvalue weighted by Gasteiger charge is 2.14. The minimum Gasteiger partial charge on any atom is -0.467 e. The van der Waals surface area contributed by atoms with Crippen LogP contribution in [-0.2, 0) is 16.1 Å². The lowest BCUT2D eigenvalue weighted by Gasteiger charge is -2.07. The van der Waals surface area contributed by atoms with Crippen molar-refractivity contribution in [2.24, 2.45) is 0 Å². The lowest BCUT2D eigenvalue weighted by atomic mass is 10.3. The largest absolute Gasteiger partial charge is 0.467 e. The Morgan fingerprint density at radius 3 is 2.83 bits per heavy atom. The van der Waals surface area contributed by atoms with E-state index in [1.54, 1.807) is 36.4 Å². The lowest BCUT2D eigenvalue weighted by Crippen LogP contribution is -2.39. The van der Waals surface area contributed by atoms with Gasteiger partial charge in [0.15, 0.2) is 0 Å². The van der Waals surface area contributed by atoms with Crippen LogP contribution in [0.15, 0.2) is 52.2 Å². The molecule has 3 rings (SSSR count). The van der Waals surface area contributed by atoms with Crippen molar-refractivity contribution >= 4 is 35.3 Å². The molecule has 1 aromatic carbocycles. The van der Waals surface area contributed by atoms with Gasteiger partial charge in [-0.05, 0) is 40.8 Å². The van der Waals surface area contributed by atoms with Gasteiger partial charge >= 0.3 is 6.03 Å². The summed E-state index contributed by atoms with van der Waals surface area (Å²) < 4.78 is 6.52. The fourth-order valence-corrected chi connectivity index (χ4v) is 2.96. The second-order valence-electron chi connectivity index (χ2n) is 5.70.